The Labute approximate surface area is 171 Å². The SMILES string of the molecule is CCCCCCCCCCCCCCCCCCC[n+]1c(C)cccc1C. The van der Waals surface area contributed by atoms with Crippen LogP contribution < -0.4 is 4.57 Å². The topological polar surface area (TPSA) is 3.88 Å². The van der Waals surface area contributed by atoms with Crippen molar-refractivity contribution in [3.63, 3.8) is 0 Å². The van der Waals surface area contributed by atoms with Gasteiger partial charge in [-0.2, -0.15) is 0 Å². The minimum absolute atomic E-state index is 1.19. The highest BCUT2D eigenvalue weighted by Gasteiger charge is 2.08. The van der Waals surface area contributed by atoms with Gasteiger partial charge in [-0.25, -0.2) is 4.57 Å². The molecule has 0 spiro atoms. The number of hydrogen-bond acceptors (Lipinski definition) is 0. The van der Waals surface area contributed by atoms with Crippen LogP contribution >= 0.6 is 0 Å². The summed E-state index contributed by atoms with van der Waals surface area (Å²) < 4.78 is 2.46. The van der Waals surface area contributed by atoms with E-state index in [0.717, 1.165) is 0 Å². The van der Waals surface area contributed by atoms with E-state index in [1.54, 1.807) is 0 Å². The van der Waals surface area contributed by atoms with Gasteiger partial charge in [0.25, 0.3) is 0 Å². The number of rotatable bonds is 18. The Morgan fingerprint density at radius 3 is 1.22 bits per heavy atom. The molecule has 1 rings (SSSR count). The highest BCUT2D eigenvalue weighted by molar-refractivity contribution is 5.00. The molecule has 1 heterocycles. The van der Waals surface area contributed by atoms with Crippen molar-refractivity contribution in [3.8, 4) is 0 Å². The summed E-state index contributed by atoms with van der Waals surface area (Å²) in [6.07, 6.45) is 24.5. The van der Waals surface area contributed by atoms with E-state index in [-0.39, 0.29) is 0 Å². The maximum atomic E-state index is 2.46. The van der Waals surface area contributed by atoms with Crippen molar-refractivity contribution in [2.24, 2.45) is 0 Å². The first-order valence-corrected chi connectivity index (χ1v) is 12.2. The van der Waals surface area contributed by atoms with Crippen LogP contribution in [0.25, 0.3) is 0 Å². The molecule has 1 aromatic heterocycles. The van der Waals surface area contributed by atoms with Crippen molar-refractivity contribution in [3.05, 3.63) is 29.6 Å². The minimum Gasteiger partial charge on any atom is -0.200 e. The zero-order chi connectivity index (χ0) is 19.6. The highest BCUT2D eigenvalue weighted by Crippen LogP contribution is 2.14. The molecule has 0 aliphatic heterocycles. The van der Waals surface area contributed by atoms with Crippen molar-refractivity contribution < 1.29 is 4.57 Å². The minimum atomic E-state index is 1.19. The van der Waals surface area contributed by atoms with Crippen LogP contribution in [0.4, 0.5) is 0 Å². The Bertz CT molecular complexity index is 431. The third-order valence-electron chi connectivity index (χ3n) is 6.01. The number of unbranched alkanes of at least 4 members (excludes halogenated alkanes) is 16. The van der Waals surface area contributed by atoms with Crippen molar-refractivity contribution in [2.75, 3.05) is 0 Å². The summed E-state index contributed by atoms with van der Waals surface area (Å²) in [5, 5.41) is 0. The van der Waals surface area contributed by atoms with Crippen molar-refractivity contribution >= 4 is 0 Å². The van der Waals surface area contributed by atoms with E-state index >= 15 is 0 Å². The van der Waals surface area contributed by atoms with E-state index in [0.29, 0.717) is 0 Å². The summed E-state index contributed by atoms with van der Waals surface area (Å²) in [6.45, 7) is 7.94. The number of hydrogen-bond donors (Lipinski definition) is 0. The molecule has 1 aromatic rings. The predicted molar refractivity (Wildman–Crippen MR) is 120 cm³/mol. The van der Waals surface area contributed by atoms with Gasteiger partial charge in [-0.15, -0.1) is 0 Å². The van der Waals surface area contributed by atoms with Crippen molar-refractivity contribution in [2.45, 2.75) is 136 Å². The standard InChI is InChI=1S/C26H48N/c1-4-5-6-7-8-9-10-11-12-13-14-15-16-17-18-19-20-24-27-25(2)22-21-23-26(27)3/h21-23H,4-20,24H2,1-3H3/q+1. The molecule has 0 aliphatic carbocycles. The molecule has 0 radical (unpaired) electrons. The quantitative estimate of drug-likeness (QED) is 0.180. The highest BCUT2D eigenvalue weighted by atomic mass is 15.0. The Morgan fingerprint density at radius 1 is 0.519 bits per heavy atom. The number of pyridine rings is 1. The van der Waals surface area contributed by atoms with Crippen LogP contribution in [-0.4, -0.2) is 0 Å². The predicted octanol–water partition coefficient (Wildman–Crippen LogP) is 8.24. The summed E-state index contributed by atoms with van der Waals surface area (Å²) in [6, 6.07) is 6.61. The smallest absolute Gasteiger partial charge is 0.178 e. The summed E-state index contributed by atoms with van der Waals surface area (Å²) in [4.78, 5) is 0. The van der Waals surface area contributed by atoms with Crippen LogP contribution in [-0.2, 0) is 6.54 Å². The Kier molecular flexibility index (Phi) is 15.5. The van der Waals surface area contributed by atoms with E-state index in [2.05, 4.69) is 43.5 Å². The van der Waals surface area contributed by atoms with E-state index in [4.69, 9.17) is 0 Å². The van der Waals surface area contributed by atoms with Gasteiger partial charge in [0.15, 0.2) is 11.4 Å². The fraction of sp³-hybridized carbons (Fsp3) is 0.808. The molecule has 0 bridgehead atoms. The molecule has 1 nitrogen and oxygen atoms in total. The summed E-state index contributed by atoms with van der Waals surface area (Å²) >= 11 is 0. The lowest BCUT2D eigenvalue weighted by Crippen LogP contribution is -2.40. The van der Waals surface area contributed by atoms with E-state index in [9.17, 15) is 0 Å². The van der Waals surface area contributed by atoms with Gasteiger partial charge in [-0.05, 0) is 12.5 Å². The molecule has 0 saturated carbocycles. The molecule has 0 fully saturated rings. The largest absolute Gasteiger partial charge is 0.200 e. The van der Waals surface area contributed by atoms with Crippen molar-refractivity contribution in [1.29, 1.82) is 0 Å². The fourth-order valence-electron chi connectivity index (χ4n) is 4.13. The van der Waals surface area contributed by atoms with Crippen LogP contribution in [0.15, 0.2) is 18.2 Å². The van der Waals surface area contributed by atoms with Gasteiger partial charge in [0.2, 0.25) is 0 Å². The van der Waals surface area contributed by atoms with Crippen molar-refractivity contribution in [1.82, 2.24) is 0 Å². The molecule has 0 aromatic carbocycles. The average Bonchev–Trinajstić information content (AvgIpc) is 2.66. The molecule has 1 heteroatoms. The summed E-state index contributed by atoms with van der Waals surface area (Å²) in [5.41, 5.74) is 2.79. The van der Waals surface area contributed by atoms with E-state index < -0.39 is 0 Å². The zero-order valence-electron chi connectivity index (χ0n) is 18.9. The second kappa shape index (κ2) is 17.3. The van der Waals surface area contributed by atoms with Gasteiger partial charge in [0.1, 0.15) is 6.54 Å². The van der Waals surface area contributed by atoms with Crippen LogP contribution in [0.1, 0.15) is 127 Å². The number of aromatic nitrogens is 1. The molecular formula is C26H48N+. The molecule has 0 aliphatic rings. The van der Waals surface area contributed by atoms with Gasteiger partial charge < -0.3 is 0 Å². The van der Waals surface area contributed by atoms with E-state index in [1.165, 1.54) is 127 Å². The second-order valence-electron chi connectivity index (χ2n) is 8.62. The molecule has 0 atom stereocenters. The molecule has 0 unspecified atom stereocenters. The molecule has 0 saturated heterocycles. The normalized spacial score (nSPS) is 11.2. The molecule has 156 valence electrons. The first kappa shape index (κ1) is 24.2. The maximum Gasteiger partial charge on any atom is 0.178 e. The first-order chi connectivity index (χ1) is 13.3. The van der Waals surface area contributed by atoms with Gasteiger partial charge in [-0.1, -0.05) is 103 Å². The number of nitrogens with zero attached hydrogens (tertiary/aromatic N) is 1. The maximum absolute atomic E-state index is 2.46. The molecule has 0 amide bonds. The van der Waals surface area contributed by atoms with Gasteiger partial charge in [-0.3, -0.25) is 0 Å². The van der Waals surface area contributed by atoms with Crippen LogP contribution in [0.2, 0.25) is 0 Å². The van der Waals surface area contributed by atoms with Crippen LogP contribution in [0.5, 0.6) is 0 Å². The van der Waals surface area contributed by atoms with Crippen LogP contribution in [0, 0.1) is 13.8 Å². The first-order valence-electron chi connectivity index (χ1n) is 12.2. The zero-order valence-corrected chi connectivity index (χ0v) is 18.9. The fourth-order valence-corrected chi connectivity index (χ4v) is 4.13. The van der Waals surface area contributed by atoms with Gasteiger partial charge in [0, 0.05) is 32.4 Å². The lowest BCUT2D eigenvalue weighted by atomic mass is 10.0. The Hall–Kier alpha value is -0.850. The average molecular weight is 375 g/mol. The summed E-state index contributed by atoms with van der Waals surface area (Å²) in [5.74, 6) is 0. The Balaban J connectivity index is 1.79. The van der Waals surface area contributed by atoms with Crippen LogP contribution in [0.3, 0.4) is 0 Å². The monoisotopic (exact) mass is 374 g/mol. The molecule has 27 heavy (non-hydrogen) atoms. The molecule has 0 N–H and O–H groups in total. The van der Waals surface area contributed by atoms with Gasteiger partial charge >= 0.3 is 0 Å². The Morgan fingerprint density at radius 2 is 0.852 bits per heavy atom. The third kappa shape index (κ3) is 13.0. The second-order valence-corrected chi connectivity index (χ2v) is 8.62. The lowest BCUT2D eigenvalue weighted by Gasteiger charge is -2.05. The third-order valence-corrected chi connectivity index (χ3v) is 6.01. The summed E-state index contributed by atoms with van der Waals surface area (Å²) in [7, 11) is 0. The number of aryl methyl sites for hydroxylation is 2. The van der Waals surface area contributed by atoms with Gasteiger partial charge in [0.05, 0.1) is 0 Å². The molecular weight excluding hydrogens is 326 g/mol. The lowest BCUT2D eigenvalue weighted by molar-refractivity contribution is -0.709. The van der Waals surface area contributed by atoms with E-state index in [1.807, 2.05) is 0 Å².